The lowest BCUT2D eigenvalue weighted by atomic mass is 9.98. The van der Waals surface area contributed by atoms with Gasteiger partial charge in [0.2, 0.25) is 0 Å². The van der Waals surface area contributed by atoms with Gasteiger partial charge in [0, 0.05) is 5.57 Å². The van der Waals surface area contributed by atoms with Gasteiger partial charge >= 0.3 is 6.61 Å². The van der Waals surface area contributed by atoms with E-state index in [2.05, 4.69) is 15.0 Å². The van der Waals surface area contributed by atoms with Crippen LogP contribution in [0.2, 0.25) is 0 Å². The number of ether oxygens (including phenoxy) is 1. The number of anilines is 1. The molecular formula is C25H22F4N2O4S2. The molecule has 12 heteroatoms. The molecule has 1 heterocycles. The number of nitrogens with one attached hydrogen (secondary N) is 1. The zero-order valence-electron chi connectivity index (χ0n) is 19.2. The van der Waals surface area contributed by atoms with Crippen molar-refractivity contribution in [2.45, 2.75) is 54.8 Å². The average molecular weight is 555 g/mol. The zero-order valence-corrected chi connectivity index (χ0v) is 20.9. The first-order valence-electron chi connectivity index (χ1n) is 11.6. The summed E-state index contributed by atoms with van der Waals surface area (Å²) < 4.78 is 82.7. The minimum absolute atomic E-state index is 0.0476. The van der Waals surface area contributed by atoms with Crippen LogP contribution in [0.5, 0.6) is 5.75 Å². The molecule has 2 unspecified atom stereocenters. The molecule has 5 rings (SSSR count). The van der Waals surface area contributed by atoms with Gasteiger partial charge in [0.15, 0.2) is 15.0 Å². The Balaban J connectivity index is 1.42. The Morgan fingerprint density at radius 1 is 1.08 bits per heavy atom. The second-order valence-corrected chi connectivity index (χ2v) is 12.4. The van der Waals surface area contributed by atoms with Gasteiger partial charge in [0.25, 0.3) is 5.91 Å². The molecule has 2 aliphatic carbocycles. The summed E-state index contributed by atoms with van der Waals surface area (Å²) in [7, 11) is -3.42. The molecular weight excluding hydrogens is 532 g/mol. The molecule has 1 aromatic heterocycles. The van der Waals surface area contributed by atoms with Gasteiger partial charge in [0.05, 0.1) is 20.4 Å². The number of fused-ring (bicyclic) bond motifs is 1. The number of aromatic nitrogens is 1. The van der Waals surface area contributed by atoms with Crippen LogP contribution in [0.4, 0.5) is 22.7 Å². The number of amides is 1. The number of rotatable bonds is 8. The largest absolute Gasteiger partial charge is 0.435 e. The summed E-state index contributed by atoms with van der Waals surface area (Å²) in [5, 5.41) is 2.47. The third-order valence-corrected chi connectivity index (χ3v) is 9.57. The standard InChI is InChI=1S/C25H22F4N2O4S2/c26-19-10-13(11-20(19)27)9-18(14-1-4-16(5-2-14)37(33,34)17-6-7-17)23(32)31-25-30-21-8-3-15(35-24(28)29)12-22(21)36-25/h1-5,8-9,12-13,17,19-20,24H,6-7,10-11H2,(H,30,31,32)/b18-9+. The van der Waals surface area contributed by atoms with Gasteiger partial charge in [-0.05, 0) is 67.5 Å². The highest BCUT2D eigenvalue weighted by molar-refractivity contribution is 7.92. The van der Waals surface area contributed by atoms with Crippen LogP contribution in [0.25, 0.3) is 15.8 Å². The molecule has 6 nitrogen and oxygen atoms in total. The predicted molar refractivity (Wildman–Crippen MR) is 132 cm³/mol. The molecule has 2 fully saturated rings. The fourth-order valence-corrected chi connectivity index (χ4v) is 6.89. The Labute approximate surface area is 214 Å². The van der Waals surface area contributed by atoms with Crippen molar-refractivity contribution >= 4 is 48.0 Å². The molecule has 0 bridgehead atoms. The van der Waals surface area contributed by atoms with Crippen molar-refractivity contribution in [1.82, 2.24) is 4.98 Å². The van der Waals surface area contributed by atoms with Crippen LogP contribution in [0, 0.1) is 5.92 Å². The molecule has 2 saturated carbocycles. The predicted octanol–water partition coefficient (Wildman–Crippen LogP) is 5.94. The first-order chi connectivity index (χ1) is 17.6. The van der Waals surface area contributed by atoms with Crippen molar-refractivity contribution in [2.24, 2.45) is 5.92 Å². The van der Waals surface area contributed by atoms with Crippen molar-refractivity contribution in [1.29, 1.82) is 0 Å². The summed E-state index contributed by atoms with van der Waals surface area (Å²) in [4.78, 5) is 17.8. The Hall–Kier alpha value is -2.99. The summed E-state index contributed by atoms with van der Waals surface area (Å²) in [6, 6.07) is 10.1. The highest BCUT2D eigenvalue weighted by Gasteiger charge is 2.37. The summed E-state index contributed by atoms with van der Waals surface area (Å²) in [5.74, 6) is -1.17. The van der Waals surface area contributed by atoms with Crippen molar-refractivity contribution in [3.05, 3.63) is 54.1 Å². The molecule has 1 amide bonds. The van der Waals surface area contributed by atoms with Crippen LogP contribution in [-0.4, -0.2) is 43.5 Å². The fourth-order valence-electron chi connectivity index (χ4n) is 4.34. The Bertz CT molecular complexity index is 1440. The van der Waals surface area contributed by atoms with E-state index in [4.69, 9.17) is 0 Å². The van der Waals surface area contributed by atoms with Crippen molar-refractivity contribution in [2.75, 3.05) is 5.32 Å². The number of halogens is 4. The first kappa shape index (κ1) is 25.7. The summed E-state index contributed by atoms with van der Waals surface area (Å²) in [6.45, 7) is -2.98. The number of alkyl halides is 4. The van der Waals surface area contributed by atoms with Gasteiger partial charge in [-0.2, -0.15) is 8.78 Å². The fraction of sp³-hybridized carbons (Fsp3) is 0.360. The second kappa shape index (κ2) is 10.1. The molecule has 2 aromatic carbocycles. The van der Waals surface area contributed by atoms with E-state index in [1.807, 2.05) is 0 Å². The molecule has 2 atom stereocenters. The second-order valence-electron chi connectivity index (χ2n) is 9.09. The number of carbonyl (C=O) groups excluding carboxylic acids is 1. The Kier molecular flexibility index (Phi) is 6.97. The van der Waals surface area contributed by atoms with Gasteiger partial charge in [-0.25, -0.2) is 22.2 Å². The highest BCUT2D eigenvalue weighted by atomic mass is 32.2. The van der Waals surface area contributed by atoms with Crippen LogP contribution >= 0.6 is 11.3 Å². The third kappa shape index (κ3) is 5.64. The van der Waals surface area contributed by atoms with E-state index in [-0.39, 0.29) is 39.4 Å². The van der Waals surface area contributed by atoms with Crippen molar-refractivity contribution in [3.63, 3.8) is 0 Å². The summed E-state index contributed by atoms with van der Waals surface area (Å²) >= 11 is 1.04. The zero-order chi connectivity index (χ0) is 26.3. The molecule has 196 valence electrons. The van der Waals surface area contributed by atoms with E-state index >= 15 is 0 Å². The number of hydrogen-bond acceptors (Lipinski definition) is 6. The molecule has 2 aliphatic rings. The summed E-state index contributed by atoms with van der Waals surface area (Å²) in [6.07, 6.45) is -0.636. The number of thiazole rings is 1. The number of allylic oxidation sites excluding steroid dienone is 1. The smallest absolute Gasteiger partial charge is 0.387 e. The summed E-state index contributed by atoms with van der Waals surface area (Å²) in [5.41, 5.74) is 0.972. The maximum Gasteiger partial charge on any atom is 0.387 e. The van der Waals surface area contributed by atoms with E-state index in [0.717, 1.165) is 11.3 Å². The Morgan fingerprint density at radius 3 is 2.38 bits per heavy atom. The third-order valence-electron chi connectivity index (χ3n) is 6.36. The maximum atomic E-state index is 13.8. The molecule has 37 heavy (non-hydrogen) atoms. The monoisotopic (exact) mass is 554 g/mol. The normalized spacial score (nSPS) is 22.5. The molecule has 3 aromatic rings. The van der Waals surface area contributed by atoms with Crippen LogP contribution in [-0.2, 0) is 14.6 Å². The molecule has 0 spiro atoms. The minimum Gasteiger partial charge on any atom is -0.435 e. The topological polar surface area (TPSA) is 85.4 Å². The van der Waals surface area contributed by atoms with Crippen molar-refractivity contribution < 1.29 is 35.5 Å². The average Bonchev–Trinajstić information content (AvgIpc) is 3.56. The quantitative estimate of drug-likeness (QED) is 0.275. The Morgan fingerprint density at radius 2 is 1.76 bits per heavy atom. The van der Waals surface area contributed by atoms with Crippen LogP contribution in [0.1, 0.15) is 31.2 Å². The molecule has 0 saturated heterocycles. The first-order valence-corrected chi connectivity index (χ1v) is 14.0. The van der Waals surface area contributed by atoms with E-state index < -0.39 is 40.6 Å². The lowest BCUT2D eigenvalue weighted by Crippen LogP contribution is -2.15. The minimum atomic E-state index is -3.42. The lowest BCUT2D eigenvalue weighted by molar-refractivity contribution is -0.111. The number of nitrogens with zero attached hydrogens (tertiary/aromatic N) is 1. The highest BCUT2D eigenvalue weighted by Crippen LogP contribution is 2.36. The van der Waals surface area contributed by atoms with E-state index in [1.54, 1.807) is 0 Å². The maximum absolute atomic E-state index is 13.8. The lowest BCUT2D eigenvalue weighted by Gasteiger charge is -2.12. The number of carbonyl (C=O) groups is 1. The van der Waals surface area contributed by atoms with Crippen molar-refractivity contribution in [3.8, 4) is 5.75 Å². The SMILES string of the molecule is O=C(Nc1nc2ccc(OC(F)F)cc2s1)/C(=C/C1CC(F)C(F)C1)c1ccc(S(=O)(=O)C2CC2)cc1. The van der Waals surface area contributed by atoms with Gasteiger partial charge in [-0.15, -0.1) is 0 Å². The molecule has 1 N–H and O–H groups in total. The van der Waals surface area contributed by atoms with Crippen LogP contribution in [0.3, 0.4) is 0 Å². The number of hydrogen-bond donors (Lipinski definition) is 1. The van der Waals surface area contributed by atoms with Gasteiger partial charge in [0.1, 0.15) is 18.1 Å². The number of benzene rings is 2. The number of sulfone groups is 1. The van der Waals surface area contributed by atoms with E-state index in [0.29, 0.717) is 28.6 Å². The van der Waals surface area contributed by atoms with Gasteiger partial charge in [-0.3, -0.25) is 10.1 Å². The van der Waals surface area contributed by atoms with Gasteiger partial charge in [-0.1, -0.05) is 29.5 Å². The molecule has 0 radical (unpaired) electrons. The van der Waals surface area contributed by atoms with Crippen LogP contribution < -0.4 is 10.1 Å². The van der Waals surface area contributed by atoms with Crippen LogP contribution in [0.15, 0.2) is 53.4 Å². The molecule has 0 aliphatic heterocycles. The van der Waals surface area contributed by atoms with E-state index in [1.165, 1.54) is 48.5 Å². The van der Waals surface area contributed by atoms with Gasteiger partial charge < -0.3 is 4.74 Å². The van der Waals surface area contributed by atoms with E-state index in [9.17, 15) is 30.8 Å².